The molecule has 1 N–H and O–H groups in total. The van der Waals surface area contributed by atoms with Gasteiger partial charge in [-0.2, -0.15) is 0 Å². The number of methoxy groups -OCH3 is 1. The van der Waals surface area contributed by atoms with Crippen molar-refractivity contribution in [3.05, 3.63) is 64.1 Å². The third-order valence-electron chi connectivity index (χ3n) is 2.90. The van der Waals surface area contributed by atoms with Crippen LogP contribution in [0.5, 0.6) is 5.75 Å². The minimum absolute atomic E-state index is 0.178. The summed E-state index contributed by atoms with van der Waals surface area (Å²) in [5.41, 5.74) is 2.79. The van der Waals surface area contributed by atoms with Crippen molar-refractivity contribution in [2.24, 2.45) is 0 Å². The summed E-state index contributed by atoms with van der Waals surface area (Å²) in [5, 5.41) is 2.83. The fourth-order valence-electron chi connectivity index (χ4n) is 1.81. The van der Waals surface area contributed by atoms with Crippen LogP contribution in [0.15, 0.2) is 53.0 Å². The standard InChI is InChI=1S/C17H16BrNO2/c1-12-6-8-16(15(18)10-12)19-17(20)9-7-13-4-3-5-14(11-13)21-2/h3-11H,1-2H3,(H,19,20). The van der Waals surface area contributed by atoms with Gasteiger partial charge in [0, 0.05) is 10.5 Å². The van der Waals surface area contributed by atoms with Gasteiger partial charge >= 0.3 is 0 Å². The summed E-state index contributed by atoms with van der Waals surface area (Å²) in [7, 11) is 1.62. The predicted octanol–water partition coefficient (Wildman–Crippen LogP) is 4.42. The highest BCUT2D eigenvalue weighted by atomic mass is 79.9. The average Bonchev–Trinajstić information content (AvgIpc) is 2.48. The topological polar surface area (TPSA) is 38.3 Å². The first-order valence-electron chi connectivity index (χ1n) is 6.48. The van der Waals surface area contributed by atoms with Crippen molar-refractivity contribution in [1.82, 2.24) is 0 Å². The zero-order valence-electron chi connectivity index (χ0n) is 11.9. The number of nitrogens with one attached hydrogen (secondary N) is 1. The third kappa shape index (κ3) is 4.46. The van der Waals surface area contributed by atoms with Crippen LogP contribution < -0.4 is 10.1 Å². The van der Waals surface area contributed by atoms with Crippen molar-refractivity contribution in [2.75, 3.05) is 12.4 Å². The molecule has 0 fully saturated rings. The van der Waals surface area contributed by atoms with Gasteiger partial charge in [-0.05, 0) is 64.3 Å². The maximum absolute atomic E-state index is 11.9. The lowest BCUT2D eigenvalue weighted by molar-refractivity contribution is -0.111. The number of carbonyl (C=O) groups excluding carboxylic acids is 1. The van der Waals surface area contributed by atoms with Crippen molar-refractivity contribution in [3.63, 3.8) is 0 Å². The minimum atomic E-state index is -0.178. The normalized spacial score (nSPS) is 10.6. The van der Waals surface area contributed by atoms with E-state index < -0.39 is 0 Å². The SMILES string of the molecule is COc1cccc(C=CC(=O)Nc2ccc(C)cc2Br)c1. The summed E-state index contributed by atoms with van der Waals surface area (Å²) < 4.78 is 6.01. The van der Waals surface area contributed by atoms with Crippen molar-refractivity contribution in [1.29, 1.82) is 0 Å². The second-order valence-corrected chi connectivity index (χ2v) is 5.44. The minimum Gasteiger partial charge on any atom is -0.497 e. The maximum atomic E-state index is 11.9. The lowest BCUT2D eigenvalue weighted by Gasteiger charge is -2.06. The molecule has 0 atom stereocenters. The summed E-state index contributed by atoms with van der Waals surface area (Å²) in [4.78, 5) is 11.9. The number of hydrogen-bond donors (Lipinski definition) is 1. The Labute approximate surface area is 132 Å². The molecule has 2 aromatic carbocycles. The molecule has 0 saturated carbocycles. The van der Waals surface area contributed by atoms with Crippen LogP contribution >= 0.6 is 15.9 Å². The number of anilines is 1. The number of ether oxygens (including phenoxy) is 1. The third-order valence-corrected chi connectivity index (χ3v) is 3.56. The van der Waals surface area contributed by atoms with Gasteiger partial charge in [-0.3, -0.25) is 4.79 Å². The highest BCUT2D eigenvalue weighted by molar-refractivity contribution is 9.10. The number of benzene rings is 2. The van der Waals surface area contributed by atoms with Gasteiger partial charge in [0.2, 0.25) is 5.91 Å². The molecule has 0 aliphatic heterocycles. The zero-order valence-corrected chi connectivity index (χ0v) is 13.5. The van der Waals surface area contributed by atoms with E-state index in [0.29, 0.717) is 0 Å². The highest BCUT2D eigenvalue weighted by Gasteiger charge is 2.02. The fraction of sp³-hybridized carbons (Fsp3) is 0.118. The van der Waals surface area contributed by atoms with E-state index in [0.717, 1.165) is 27.0 Å². The van der Waals surface area contributed by atoms with Crippen molar-refractivity contribution >= 4 is 33.6 Å². The lowest BCUT2D eigenvalue weighted by Crippen LogP contribution is -2.08. The summed E-state index contributed by atoms with van der Waals surface area (Å²) >= 11 is 3.44. The molecule has 0 saturated heterocycles. The maximum Gasteiger partial charge on any atom is 0.248 e. The second kappa shape index (κ2) is 7.09. The Kier molecular flexibility index (Phi) is 5.17. The van der Waals surface area contributed by atoms with E-state index in [1.807, 2.05) is 49.4 Å². The van der Waals surface area contributed by atoms with Crippen LogP contribution in [0.3, 0.4) is 0 Å². The average molecular weight is 346 g/mol. The second-order valence-electron chi connectivity index (χ2n) is 4.58. The molecular formula is C17H16BrNO2. The molecule has 4 heteroatoms. The summed E-state index contributed by atoms with van der Waals surface area (Å²) in [6, 6.07) is 13.3. The molecule has 0 aliphatic rings. The monoisotopic (exact) mass is 345 g/mol. The predicted molar refractivity (Wildman–Crippen MR) is 89.5 cm³/mol. The molecule has 0 unspecified atom stereocenters. The quantitative estimate of drug-likeness (QED) is 0.833. The van der Waals surface area contributed by atoms with E-state index in [9.17, 15) is 4.79 Å². The van der Waals surface area contributed by atoms with E-state index >= 15 is 0 Å². The van der Waals surface area contributed by atoms with Gasteiger partial charge in [0.25, 0.3) is 0 Å². The molecule has 108 valence electrons. The smallest absolute Gasteiger partial charge is 0.248 e. The van der Waals surface area contributed by atoms with Crippen LogP contribution in [0.25, 0.3) is 6.08 Å². The summed E-state index contributed by atoms with van der Waals surface area (Å²) in [5.74, 6) is 0.584. The van der Waals surface area contributed by atoms with Crippen LogP contribution in [-0.2, 0) is 4.79 Å². The van der Waals surface area contributed by atoms with Crippen LogP contribution in [0.4, 0.5) is 5.69 Å². The highest BCUT2D eigenvalue weighted by Crippen LogP contribution is 2.23. The van der Waals surface area contributed by atoms with Crippen LogP contribution in [0.1, 0.15) is 11.1 Å². The molecule has 0 aliphatic carbocycles. The molecule has 0 radical (unpaired) electrons. The van der Waals surface area contributed by atoms with Crippen LogP contribution in [0.2, 0.25) is 0 Å². The first kappa shape index (κ1) is 15.3. The van der Waals surface area contributed by atoms with Crippen molar-refractivity contribution in [3.8, 4) is 5.75 Å². The fourth-order valence-corrected chi connectivity index (χ4v) is 2.41. The molecule has 21 heavy (non-hydrogen) atoms. The summed E-state index contributed by atoms with van der Waals surface area (Å²) in [6.07, 6.45) is 3.25. The van der Waals surface area contributed by atoms with Crippen LogP contribution in [0, 0.1) is 6.92 Å². The number of amides is 1. The largest absolute Gasteiger partial charge is 0.497 e. The van der Waals surface area contributed by atoms with E-state index in [-0.39, 0.29) is 5.91 Å². The Morgan fingerprint density at radius 2 is 2.05 bits per heavy atom. The molecular weight excluding hydrogens is 330 g/mol. The first-order chi connectivity index (χ1) is 10.1. The van der Waals surface area contributed by atoms with E-state index in [1.165, 1.54) is 6.08 Å². The number of aryl methyl sites for hydroxylation is 1. The molecule has 3 nitrogen and oxygen atoms in total. The van der Waals surface area contributed by atoms with Crippen molar-refractivity contribution in [2.45, 2.75) is 6.92 Å². The lowest BCUT2D eigenvalue weighted by atomic mass is 10.2. The molecule has 0 bridgehead atoms. The molecule has 0 heterocycles. The number of halogens is 1. The summed E-state index contributed by atoms with van der Waals surface area (Å²) in [6.45, 7) is 2.00. The van der Waals surface area contributed by atoms with Gasteiger partial charge in [0.1, 0.15) is 5.75 Å². The molecule has 2 aromatic rings. The Balaban J connectivity index is 2.05. The number of hydrogen-bond acceptors (Lipinski definition) is 2. The molecule has 1 amide bonds. The van der Waals surface area contributed by atoms with E-state index in [2.05, 4.69) is 21.2 Å². The Bertz CT molecular complexity index is 680. The van der Waals surface area contributed by atoms with E-state index in [1.54, 1.807) is 13.2 Å². The number of carbonyl (C=O) groups is 1. The van der Waals surface area contributed by atoms with E-state index in [4.69, 9.17) is 4.74 Å². The van der Waals surface area contributed by atoms with Gasteiger partial charge < -0.3 is 10.1 Å². The van der Waals surface area contributed by atoms with Crippen molar-refractivity contribution < 1.29 is 9.53 Å². The van der Waals surface area contributed by atoms with Gasteiger partial charge in [0.15, 0.2) is 0 Å². The first-order valence-corrected chi connectivity index (χ1v) is 7.27. The Morgan fingerprint density at radius 3 is 2.76 bits per heavy atom. The van der Waals surface area contributed by atoms with Gasteiger partial charge in [-0.15, -0.1) is 0 Å². The molecule has 2 rings (SSSR count). The van der Waals surface area contributed by atoms with Gasteiger partial charge in [-0.1, -0.05) is 18.2 Å². The van der Waals surface area contributed by atoms with Crippen LogP contribution in [-0.4, -0.2) is 13.0 Å². The Hall–Kier alpha value is -2.07. The van der Waals surface area contributed by atoms with Gasteiger partial charge in [0.05, 0.1) is 12.8 Å². The number of rotatable bonds is 4. The zero-order chi connectivity index (χ0) is 15.2. The molecule has 0 aromatic heterocycles. The molecule has 0 spiro atoms. The van der Waals surface area contributed by atoms with Gasteiger partial charge in [-0.25, -0.2) is 0 Å². The Morgan fingerprint density at radius 1 is 1.24 bits per heavy atom.